The molecular weight excluding hydrogens is 336 g/mol. The van der Waals surface area contributed by atoms with Gasteiger partial charge in [0.15, 0.2) is 0 Å². The van der Waals surface area contributed by atoms with Crippen molar-refractivity contribution >= 4 is 16.6 Å². The second-order valence-corrected chi connectivity index (χ2v) is 7.09. The lowest BCUT2D eigenvalue weighted by Gasteiger charge is -2.15. The van der Waals surface area contributed by atoms with E-state index in [9.17, 15) is 4.79 Å². The van der Waals surface area contributed by atoms with Crippen molar-refractivity contribution in [3.05, 3.63) is 77.6 Å². The smallest absolute Gasteiger partial charge is 0.145 e. The second-order valence-electron chi connectivity index (χ2n) is 7.09. The molecule has 0 unspecified atom stereocenters. The molecule has 0 aliphatic heterocycles. The van der Waals surface area contributed by atoms with Gasteiger partial charge in [-0.2, -0.15) is 0 Å². The highest BCUT2D eigenvalue weighted by Gasteiger charge is 2.19. The second kappa shape index (κ2) is 8.89. The van der Waals surface area contributed by atoms with Gasteiger partial charge in [-0.3, -0.25) is 9.78 Å². The summed E-state index contributed by atoms with van der Waals surface area (Å²) in [6.45, 7) is 4.91. The number of carbonyl (C=O) groups excluding carboxylic acids is 1. The van der Waals surface area contributed by atoms with Gasteiger partial charge in [0.05, 0.1) is 18.6 Å². The summed E-state index contributed by atoms with van der Waals surface area (Å²) >= 11 is 0. The maximum absolute atomic E-state index is 12.9. The van der Waals surface area contributed by atoms with E-state index in [0.29, 0.717) is 19.6 Å². The van der Waals surface area contributed by atoms with E-state index < -0.39 is 0 Å². The number of fused-ring (bicyclic) bond motifs is 1. The Hall–Kier alpha value is -2.56. The van der Waals surface area contributed by atoms with E-state index >= 15 is 0 Å². The minimum Gasteiger partial charge on any atom is -0.374 e. The molecule has 0 saturated heterocycles. The summed E-state index contributed by atoms with van der Waals surface area (Å²) in [5, 5.41) is 2.16. The molecule has 0 saturated carbocycles. The van der Waals surface area contributed by atoms with Crippen LogP contribution in [0.1, 0.15) is 36.5 Å². The van der Waals surface area contributed by atoms with E-state index in [1.165, 1.54) is 0 Å². The zero-order valence-corrected chi connectivity index (χ0v) is 15.9. The Bertz CT molecular complexity index is 904. The molecular formula is C23H26N2O2. The van der Waals surface area contributed by atoms with Gasteiger partial charge in [0.1, 0.15) is 5.78 Å². The summed E-state index contributed by atoms with van der Waals surface area (Å²) in [5.41, 5.74) is 8.99. The average molecular weight is 362 g/mol. The summed E-state index contributed by atoms with van der Waals surface area (Å²) in [7, 11) is 0. The molecule has 3 rings (SSSR count). The van der Waals surface area contributed by atoms with Crippen LogP contribution in [0.2, 0.25) is 0 Å². The van der Waals surface area contributed by atoms with E-state index in [0.717, 1.165) is 27.5 Å². The van der Waals surface area contributed by atoms with Crippen molar-refractivity contribution in [2.45, 2.75) is 38.9 Å². The quantitative estimate of drug-likeness (QED) is 0.657. The van der Waals surface area contributed by atoms with Crippen LogP contribution in [0.15, 0.2) is 60.9 Å². The third kappa shape index (κ3) is 5.00. The van der Waals surface area contributed by atoms with E-state index in [4.69, 9.17) is 10.5 Å². The van der Waals surface area contributed by atoms with Crippen molar-refractivity contribution in [2.24, 2.45) is 5.73 Å². The van der Waals surface area contributed by atoms with Gasteiger partial charge in [-0.15, -0.1) is 0 Å². The van der Waals surface area contributed by atoms with Crippen LogP contribution in [0.3, 0.4) is 0 Å². The number of rotatable bonds is 8. The average Bonchev–Trinajstić information content (AvgIpc) is 2.68. The van der Waals surface area contributed by atoms with E-state index in [-0.39, 0.29) is 17.8 Å². The summed E-state index contributed by atoms with van der Waals surface area (Å²) in [4.78, 5) is 17.0. The van der Waals surface area contributed by atoms with Crippen LogP contribution in [0.25, 0.3) is 10.8 Å². The normalized spacial score (nSPS) is 12.4. The van der Waals surface area contributed by atoms with Gasteiger partial charge in [0, 0.05) is 30.7 Å². The molecule has 1 atom stereocenters. The molecule has 27 heavy (non-hydrogen) atoms. The first kappa shape index (κ1) is 19.2. The van der Waals surface area contributed by atoms with Crippen molar-refractivity contribution in [3.8, 4) is 0 Å². The summed E-state index contributed by atoms with van der Waals surface area (Å²) < 4.78 is 5.62. The molecule has 0 radical (unpaired) electrons. The summed E-state index contributed by atoms with van der Waals surface area (Å²) in [6.07, 6.45) is 4.16. The number of carbonyl (C=O) groups is 1. The predicted octanol–water partition coefficient (Wildman–Crippen LogP) is 4.01. The molecule has 1 aromatic heterocycles. The van der Waals surface area contributed by atoms with Crippen LogP contribution in [-0.2, 0) is 22.6 Å². The summed E-state index contributed by atoms with van der Waals surface area (Å²) in [6, 6.07) is 16.0. The van der Waals surface area contributed by atoms with Crippen LogP contribution in [0.4, 0.5) is 0 Å². The van der Waals surface area contributed by atoms with Crippen LogP contribution < -0.4 is 5.73 Å². The van der Waals surface area contributed by atoms with Crippen LogP contribution >= 0.6 is 0 Å². The van der Waals surface area contributed by atoms with E-state index in [2.05, 4.69) is 11.1 Å². The first-order valence-electron chi connectivity index (χ1n) is 9.32. The fraction of sp³-hybridized carbons (Fsp3) is 0.304. The Morgan fingerprint density at radius 3 is 2.48 bits per heavy atom. The molecule has 1 heterocycles. The molecule has 0 bridgehead atoms. The molecule has 4 nitrogen and oxygen atoms in total. The Morgan fingerprint density at radius 2 is 1.78 bits per heavy atom. The Morgan fingerprint density at radius 1 is 1.04 bits per heavy atom. The van der Waals surface area contributed by atoms with Crippen LogP contribution in [0, 0.1) is 0 Å². The Kier molecular flexibility index (Phi) is 6.32. The van der Waals surface area contributed by atoms with Crippen molar-refractivity contribution in [1.82, 2.24) is 4.98 Å². The monoisotopic (exact) mass is 362 g/mol. The number of ether oxygens (including phenoxy) is 1. The van der Waals surface area contributed by atoms with Crippen molar-refractivity contribution in [3.63, 3.8) is 0 Å². The minimum absolute atomic E-state index is 0.136. The number of nitrogens with two attached hydrogens (primary N) is 1. The minimum atomic E-state index is -0.293. The number of nitrogens with zero attached hydrogens (tertiary/aromatic N) is 1. The third-order valence-corrected chi connectivity index (χ3v) is 4.67. The van der Waals surface area contributed by atoms with Gasteiger partial charge in [-0.1, -0.05) is 42.5 Å². The number of pyridine rings is 1. The van der Waals surface area contributed by atoms with Crippen molar-refractivity contribution in [2.75, 3.05) is 6.54 Å². The number of Topliss-reactive ketones (excluding diaryl/α,β-unsaturated/α-hetero) is 1. The molecule has 4 heteroatoms. The first-order chi connectivity index (χ1) is 13.1. The molecule has 2 aromatic carbocycles. The fourth-order valence-corrected chi connectivity index (χ4v) is 3.13. The topological polar surface area (TPSA) is 65.2 Å². The SMILES string of the molecule is CC(C)OCc1ccc([C@@H](CN)C(=O)Cc2ccc3cnccc3c2)cc1. The zero-order chi connectivity index (χ0) is 19.2. The van der Waals surface area contributed by atoms with Crippen molar-refractivity contribution < 1.29 is 9.53 Å². The molecule has 2 N–H and O–H groups in total. The number of benzene rings is 2. The lowest BCUT2D eigenvalue weighted by Crippen LogP contribution is -2.23. The first-order valence-corrected chi connectivity index (χ1v) is 9.32. The van der Waals surface area contributed by atoms with Crippen LogP contribution in [0.5, 0.6) is 0 Å². The fourth-order valence-electron chi connectivity index (χ4n) is 3.13. The van der Waals surface area contributed by atoms with E-state index in [1.807, 2.05) is 62.5 Å². The van der Waals surface area contributed by atoms with Gasteiger partial charge in [0.2, 0.25) is 0 Å². The maximum Gasteiger partial charge on any atom is 0.145 e. The lowest BCUT2D eigenvalue weighted by atomic mass is 9.90. The molecule has 0 spiro atoms. The van der Waals surface area contributed by atoms with Crippen LogP contribution in [-0.4, -0.2) is 23.4 Å². The predicted molar refractivity (Wildman–Crippen MR) is 109 cm³/mol. The van der Waals surface area contributed by atoms with Crippen molar-refractivity contribution in [1.29, 1.82) is 0 Å². The highest BCUT2D eigenvalue weighted by Crippen LogP contribution is 2.21. The van der Waals surface area contributed by atoms with Gasteiger partial charge >= 0.3 is 0 Å². The van der Waals surface area contributed by atoms with Gasteiger partial charge < -0.3 is 10.5 Å². The Labute approximate surface area is 160 Å². The van der Waals surface area contributed by atoms with Gasteiger partial charge in [-0.25, -0.2) is 0 Å². The van der Waals surface area contributed by atoms with Gasteiger partial charge in [0.25, 0.3) is 0 Å². The molecule has 3 aromatic rings. The zero-order valence-electron chi connectivity index (χ0n) is 15.9. The highest BCUT2D eigenvalue weighted by atomic mass is 16.5. The maximum atomic E-state index is 12.9. The molecule has 140 valence electrons. The number of ketones is 1. The number of hydrogen-bond acceptors (Lipinski definition) is 4. The van der Waals surface area contributed by atoms with Gasteiger partial charge in [-0.05, 0) is 42.0 Å². The lowest BCUT2D eigenvalue weighted by molar-refractivity contribution is -0.119. The number of aromatic nitrogens is 1. The number of hydrogen-bond donors (Lipinski definition) is 1. The summed E-state index contributed by atoms with van der Waals surface area (Å²) in [5.74, 6) is -0.157. The standard InChI is InChI=1S/C23H26N2O2/c1-16(2)27-15-17-3-6-19(7-4-17)22(13-24)23(26)12-18-5-8-21-14-25-10-9-20(21)11-18/h3-11,14,16,22H,12-13,15,24H2,1-2H3/t22-/m1/s1. The largest absolute Gasteiger partial charge is 0.374 e. The van der Waals surface area contributed by atoms with E-state index in [1.54, 1.807) is 6.20 Å². The molecule has 0 aliphatic carbocycles. The molecule has 0 amide bonds. The third-order valence-electron chi connectivity index (χ3n) is 4.67. The highest BCUT2D eigenvalue weighted by molar-refractivity contribution is 5.89. The molecule has 0 aliphatic rings. The Balaban J connectivity index is 1.71. The molecule has 0 fully saturated rings.